The Kier molecular flexibility index (Phi) is 3.35. The lowest BCUT2D eigenvalue weighted by molar-refractivity contribution is -0.116. The predicted octanol–water partition coefficient (Wildman–Crippen LogP) is 3.00. The van der Waals surface area contributed by atoms with E-state index in [-0.39, 0.29) is 10.6 Å². The first-order chi connectivity index (χ1) is 5.61. The van der Waals surface area contributed by atoms with Crippen molar-refractivity contribution in [2.75, 3.05) is 0 Å². The number of carbonyl (C=O) groups excluding carboxylic acids is 1. The molecule has 0 aliphatic heterocycles. The van der Waals surface area contributed by atoms with Crippen LogP contribution >= 0.6 is 28.6 Å². The summed E-state index contributed by atoms with van der Waals surface area (Å²) in [4.78, 5) is 11.7. The van der Waals surface area contributed by atoms with E-state index in [1.165, 1.54) is 0 Å². The minimum atomic E-state index is -0.188. The molecule has 0 N–H and O–H groups in total. The highest BCUT2D eigenvalue weighted by molar-refractivity contribution is 9.09. The van der Waals surface area contributed by atoms with Crippen molar-refractivity contribution < 1.29 is 4.79 Å². The number of benzene rings is 1. The van der Waals surface area contributed by atoms with Crippen LogP contribution in [0, 0.1) is 0 Å². The fourth-order valence-electron chi connectivity index (χ4n) is 0.878. The zero-order chi connectivity index (χ0) is 9.14. The van der Waals surface area contributed by atoms with E-state index in [9.17, 15) is 4.79 Å². The summed E-state index contributed by atoms with van der Waals surface area (Å²) in [7, 11) is 0. The first kappa shape index (κ1) is 9.81. The number of hydrogen-bond donors (Lipinski definition) is 1. The molecule has 3 heteroatoms. The molecular formula is C9H9BrOS. The lowest BCUT2D eigenvalue weighted by atomic mass is 10.1. The lowest BCUT2D eigenvalue weighted by Gasteiger charge is -2.05. The third kappa shape index (κ3) is 2.35. The van der Waals surface area contributed by atoms with Crippen molar-refractivity contribution in [1.29, 1.82) is 0 Å². The molecule has 0 heterocycles. The third-order valence-corrected chi connectivity index (χ3v) is 3.01. The Labute approximate surface area is 85.7 Å². The topological polar surface area (TPSA) is 17.1 Å². The maximum Gasteiger partial charge on any atom is 0.147 e. The van der Waals surface area contributed by atoms with Crippen LogP contribution < -0.4 is 0 Å². The van der Waals surface area contributed by atoms with Crippen molar-refractivity contribution in [2.24, 2.45) is 0 Å². The number of hydrogen-bond acceptors (Lipinski definition) is 2. The highest BCUT2D eigenvalue weighted by Gasteiger charge is 2.11. The fourth-order valence-corrected chi connectivity index (χ4v) is 1.33. The molecule has 0 fully saturated rings. The van der Waals surface area contributed by atoms with E-state index in [1.807, 2.05) is 24.3 Å². The van der Waals surface area contributed by atoms with Crippen molar-refractivity contribution in [3.05, 3.63) is 29.8 Å². The van der Waals surface area contributed by atoms with Crippen molar-refractivity contribution in [3.63, 3.8) is 0 Å². The van der Waals surface area contributed by atoms with Gasteiger partial charge in [-0.2, -0.15) is 0 Å². The number of carbonyl (C=O) groups is 1. The zero-order valence-corrected chi connectivity index (χ0v) is 9.10. The standard InChI is InChI=1S/C9H9BrOS/c1-6(11)9(10)7-2-4-8(12)5-3-7/h2-5,9,12H,1H3. The van der Waals surface area contributed by atoms with E-state index in [1.54, 1.807) is 6.92 Å². The molecule has 0 saturated carbocycles. The number of ketones is 1. The number of rotatable bonds is 2. The summed E-state index contributed by atoms with van der Waals surface area (Å²) in [6.07, 6.45) is 0. The molecule has 0 aliphatic carbocycles. The number of alkyl halides is 1. The number of Topliss-reactive ketones (excluding diaryl/α,β-unsaturated/α-hetero) is 1. The quantitative estimate of drug-likeness (QED) is 0.626. The van der Waals surface area contributed by atoms with Crippen LogP contribution in [0.15, 0.2) is 29.2 Å². The molecule has 0 radical (unpaired) electrons. The van der Waals surface area contributed by atoms with Gasteiger partial charge in [0.15, 0.2) is 0 Å². The monoisotopic (exact) mass is 244 g/mol. The van der Waals surface area contributed by atoms with Crippen LogP contribution in [0.3, 0.4) is 0 Å². The molecule has 64 valence electrons. The van der Waals surface area contributed by atoms with Crippen molar-refractivity contribution in [1.82, 2.24) is 0 Å². The normalized spacial score (nSPS) is 12.6. The third-order valence-electron chi connectivity index (χ3n) is 1.54. The summed E-state index contributed by atoms with van der Waals surface area (Å²) in [5.41, 5.74) is 0.973. The molecule has 1 aromatic carbocycles. The van der Waals surface area contributed by atoms with E-state index in [2.05, 4.69) is 28.6 Å². The van der Waals surface area contributed by atoms with Crippen LogP contribution in [0.5, 0.6) is 0 Å². The largest absolute Gasteiger partial charge is 0.298 e. The number of halogens is 1. The minimum Gasteiger partial charge on any atom is -0.298 e. The first-order valence-electron chi connectivity index (χ1n) is 3.54. The Morgan fingerprint density at radius 1 is 1.42 bits per heavy atom. The van der Waals surface area contributed by atoms with Crippen LogP contribution in [0.25, 0.3) is 0 Å². The second kappa shape index (κ2) is 4.10. The molecule has 1 rings (SSSR count). The van der Waals surface area contributed by atoms with Crippen LogP contribution in [0.4, 0.5) is 0 Å². The molecule has 12 heavy (non-hydrogen) atoms. The van der Waals surface area contributed by atoms with Gasteiger partial charge in [-0.1, -0.05) is 28.1 Å². The van der Waals surface area contributed by atoms with E-state index < -0.39 is 0 Å². The predicted molar refractivity (Wildman–Crippen MR) is 56.0 cm³/mol. The Balaban J connectivity index is 2.89. The Bertz CT molecular complexity index is 281. The molecule has 0 saturated heterocycles. The molecule has 0 spiro atoms. The Morgan fingerprint density at radius 3 is 2.33 bits per heavy atom. The molecule has 1 atom stereocenters. The summed E-state index contributed by atoms with van der Waals surface area (Å²) < 4.78 is 0. The summed E-state index contributed by atoms with van der Waals surface area (Å²) in [6.45, 7) is 1.56. The SMILES string of the molecule is CC(=O)C(Br)c1ccc(S)cc1. The smallest absolute Gasteiger partial charge is 0.147 e. The maximum absolute atomic E-state index is 11.0. The van der Waals surface area contributed by atoms with Gasteiger partial charge in [0, 0.05) is 4.90 Å². The van der Waals surface area contributed by atoms with Gasteiger partial charge in [-0.3, -0.25) is 4.79 Å². The van der Waals surface area contributed by atoms with Crippen molar-refractivity contribution in [2.45, 2.75) is 16.6 Å². The molecular weight excluding hydrogens is 236 g/mol. The number of thiol groups is 1. The second-order valence-corrected chi connectivity index (χ2v) is 4.00. The van der Waals surface area contributed by atoms with Crippen molar-refractivity contribution in [3.8, 4) is 0 Å². The average molecular weight is 245 g/mol. The zero-order valence-electron chi connectivity index (χ0n) is 6.62. The van der Waals surface area contributed by atoms with Crippen LogP contribution in [-0.4, -0.2) is 5.78 Å². The van der Waals surface area contributed by atoms with Gasteiger partial charge in [0.2, 0.25) is 0 Å². The molecule has 1 nitrogen and oxygen atoms in total. The van der Waals surface area contributed by atoms with Crippen molar-refractivity contribution >= 4 is 34.3 Å². The molecule has 0 amide bonds. The molecule has 0 aliphatic rings. The van der Waals surface area contributed by atoms with Crippen LogP contribution in [-0.2, 0) is 4.79 Å². The second-order valence-electron chi connectivity index (χ2n) is 2.56. The van der Waals surface area contributed by atoms with Crippen LogP contribution in [0.1, 0.15) is 17.3 Å². The van der Waals surface area contributed by atoms with Gasteiger partial charge in [0.1, 0.15) is 5.78 Å². The first-order valence-corrected chi connectivity index (χ1v) is 4.91. The maximum atomic E-state index is 11.0. The molecule has 0 bridgehead atoms. The summed E-state index contributed by atoms with van der Waals surface area (Å²) >= 11 is 7.45. The van der Waals surface area contributed by atoms with Gasteiger partial charge in [-0.25, -0.2) is 0 Å². The minimum absolute atomic E-state index is 0.113. The average Bonchev–Trinajstić information content (AvgIpc) is 2.04. The summed E-state index contributed by atoms with van der Waals surface area (Å²) in [5.74, 6) is 0.113. The van der Waals surface area contributed by atoms with E-state index in [0.29, 0.717) is 0 Å². The fraction of sp³-hybridized carbons (Fsp3) is 0.222. The Hall–Kier alpha value is -0.280. The van der Waals surface area contributed by atoms with E-state index in [4.69, 9.17) is 0 Å². The molecule has 0 aromatic heterocycles. The van der Waals surface area contributed by atoms with E-state index >= 15 is 0 Å². The van der Waals surface area contributed by atoms with Crippen LogP contribution in [0.2, 0.25) is 0 Å². The van der Waals surface area contributed by atoms with Gasteiger partial charge in [0.05, 0.1) is 4.83 Å². The summed E-state index contributed by atoms with van der Waals surface area (Å²) in [5, 5.41) is 0. The lowest BCUT2D eigenvalue weighted by Crippen LogP contribution is -2.00. The van der Waals surface area contributed by atoms with Gasteiger partial charge in [0.25, 0.3) is 0 Å². The Morgan fingerprint density at radius 2 is 1.92 bits per heavy atom. The molecule has 1 aromatic rings. The van der Waals surface area contributed by atoms with Gasteiger partial charge < -0.3 is 0 Å². The van der Waals surface area contributed by atoms with Gasteiger partial charge in [-0.05, 0) is 24.6 Å². The van der Waals surface area contributed by atoms with E-state index in [0.717, 1.165) is 10.5 Å². The highest BCUT2D eigenvalue weighted by Crippen LogP contribution is 2.24. The molecule has 1 unspecified atom stereocenters. The highest BCUT2D eigenvalue weighted by atomic mass is 79.9. The van der Waals surface area contributed by atoms with Gasteiger partial charge >= 0.3 is 0 Å². The summed E-state index contributed by atoms with van der Waals surface area (Å²) in [6, 6.07) is 7.53. The van der Waals surface area contributed by atoms with Gasteiger partial charge in [-0.15, -0.1) is 12.6 Å².